The van der Waals surface area contributed by atoms with Crippen molar-refractivity contribution in [2.45, 2.75) is 37.9 Å². The van der Waals surface area contributed by atoms with Gasteiger partial charge in [-0.05, 0) is 24.9 Å². The lowest BCUT2D eigenvalue weighted by Crippen LogP contribution is -2.46. The van der Waals surface area contributed by atoms with Crippen LogP contribution in [0, 0.1) is 0 Å². The van der Waals surface area contributed by atoms with Crippen LogP contribution in [0.2, 0.25) is 0 Å². The van der Waals surface area contributed by atoms with E-state index in [9.17, 15) is 14.4 Å². The first-order valence-corrected chi connectivity index (χ1v) is 8.78. The van der Waals surface area contributed by atoms with Crippen LogP contribution < -0.4 is 16.4 Å². The normalized spacial score (nSPS) is 13.0. The van der Waals surface area contributed by atoms with Gasteiger partial charge < -0.3 is 31.1 Å². The molecule has 0 radical (unpaired) electrons. The number of carboxylic acid groups (broad SMARTS) is 2. The van der Waals surface area contributed by atoms with Gasteiger partial charge in [-0.15, -0.1) is 0 Å². The van der Waals surface area contributed by atoms with Gasteiger partial charge >= 0.3 is 18.0 Å². The fraction of sp³-hybridized carbons (Fsp3) is 0.615. The molecular formula is C13H21N5O6S. The minimum absolute atomic E-state index is 0.112. The number of aromatic nitrogens is 2. The molecule has 1 heterocycles. The summed E-state index contributed by atoms with van der Waals surface area (Å²) in [4.78, 5) is 37.2. The van der Waals surface area contributed by atoms with Gasteiger partial charge in [0.2, 0.25) is 5.89 Å². The minimum atomic E-state index is -1.32. The van der Waals surface area contributed by atoms with Gasteiger partial charge in [-0.1, -0.05) is 5.16 Å². The molecule has 0 saturated heterocycles. The fourth-order valence-electron chi connectivity index (χ4n) is 1.75. The number of aliphatic carboxylic acids is 2. The molecule has 0 aliphatic heterocycles. The molecule has 12 heteroatoms. The second kappa shape index (κ2) is 10.5. The molecule has 1 aromatic rings. The molecule has 1 rings (SSSR count). The number of nitrogens with zero attached hydrogens (tertiary/aromatic N) is 2. The lowest BCUT2D eigenvalue weighted by molar-refractivity contribution is -0.140. The summed E-state index contributed by atoms with van der Waals surface area (Å²) in [5.41, 5.74) is 5.90. The van der Waals surface area contributed by atoms with Crippen molar-refractivity contribution in [1.29, 1.82) is 0 Å². The van der Waals surface area contributed by atoms with E-state index in [1.165, 1.54) is 0 Å². The van der Waals surface area contributed by atoms with Crippen molar-refractivity contribution in [3.8, 4) is 0 Å². The maximum atomic E-state index is 11.7. The molecule has 0 saturated carbocycles. The molecule has 0 aliphatic rings. The van der Waals surface area contributed by atoms with E-state index in [0.29, 0.717) is 12.2 Å². The third kappa shape index (κ3) is 7.85. The maximum Gasteiger partial charge on any atom is 0.326 e. The molecule has 140 valence electrons. The number of carbonyl (C=O) groups is 3. The highest BCUT2D eigenvalue weighted by Gasteiger charge is 2.21. The summed E-state index contributed by atoms with van der Waals surface area (Å²) in [6.07, 6.45) is 2.03. The zero-order valence-electron chi connectivity index (χ0n) is 13.6. The van der Waals surface area contributed by atoms with Gasteiger partial charge in [0.25, 0.3) is 0 Å². The maximum absolute atomic E-state index is 11.7. The quantitative estimate of drug-likeness (QED) is 0.351. The van der Waals surface area contributed by atoms with Crippen LogP contribution in [0.4, 0.5) is 4.79 Å². The summed E-state index contributed by atoms with van der Waals surface area (Å²) in [6.45, 7) is -0.112. The highest BCUT2D eigenvalue weighted by atomic mass is 32.2. The van der Waals surface area contributed by atoms with Crippen LogP contribution in [0.3, 0.4) is 0 Å². The van der Waals surface area contributed by atoms with Gasteiger partial charge in [0.15, 0.2) is 5.82 Å². The number of hydrogen-bond acceptors (Lipinski definition) is 8. The fourth-order valence-corrected chi connectivity index (χ4v) is 2.24. The van der Waals surface area contributed by atoms with E-state index < -0.39 is 24.0 Å². The van der Waals surface area contributed by atoms with Gasteiger partial charge in [0.1, 0.15) is 6.04 Å². The second-order valence-electron chi connectivity index (χ2n) is 5.08. The average Bonchev–Trinajstić information content (AvgIpc) is 3.03. The van der Waals surface area contributed by atoms with Crippen LogP contribution in [0.1, 0.15) is 37.0 Å². The predicted molar refractivity (Wildman–Crippen MR) is 87.9 cm³/mol. The molecule has 2 amide bonds. The first kappa shape index (κ1) is 20.7. The number of urea groups is 1. The second-order valence-corrected chi connectivity index (χ2v) is 6.07. The third-order valence-electron chi connectivity index (χ3n) is 3.10. The Bertz CT molecular complexity index is 595. The monoisotopic (exact) mass is 375 g/mol. The molecule has 11 nitrogen and oxygen atoms in total. The predicted octanol–water partition coefficient (Wildman–Crippen LogP) is -0.0603. The number of nitrogens with one attached hydrogen (secondary N) is 2. The third-order valence-corrected chi connectivity index (χ3v) is 3.74. The summed E-state index contributed by atoms with van der Waals surface area (Å²) in [6, 6.07) is -2.47. The molecular weight excluding hydrogens is 354 g/mol. The lowest BCUT2D eigenvalue weighted by atomic mass is 10.1. The number of nitrogens with two attached hydrogens (primary N) is 1. The summed E-state index contributed by atoms with van der Waals surface area (Å²) < 4.78 is 4.96. The number of amides is 2. The van der Waals surface area contributed by atoms with Crippen LogP contribution in [0.25, 0.3) is 0 Å². The zero-order valence-corrected chi connectivity index (χ0v) is 14.4. The van der Waals surface area contributed by atoms with Gasteiger partial charge in [-0.2, -0.15) is 16.7 Å². The van der Waals surface area contributed by atoms with Crippen molar-refractivity contribution in [3.05, 3.63) is 11.7 Å². The highest BCUT2D eigenvalue weighted by Crippen LogP contribution is 2.12. The number of thioether (sulfide) groups is 1. The van der Waals surface area contributed by atoms with Gasteiger partial charge in [0.05, 0.1) is 12.6 Å². The van der Waals surface area contributed by atoms with Crippen LogP contribution in [-0.2, 0) is 16.1 Å². The van der Waals surface area contributed by atoms with Crippen molar-refractivity contribution in [3.63, 3.8) is 0 Å². The first-order chi connectivity index (χ1) is 11.8. The zero-order chi connectivity index (χ0) is 18.8. The van der Waals surface area contributed by atoms with E-state index in [0.717, 1.165) is 5.75 Å². The van der Waals surface area contributed by atoms with Gasteiger partial charge in [-0.25, -0.2) is 9.59 Å². The molecule has 25 heavy (non-hydrogen) atoms. The molecule has 0 fully saturated rings. The van der Waals surface area contributed by atoms with E-state index in [2.05, 4.69) is 20.8 Å². The molecule has 0 bridgehead atoms. The molecule has 2 atom stereocenters. The van der Waals surface area contributed by atoms with Crippen molar-refractivity contribution in [2.75, 3.05) is 12.0 Å². The van der Waals surface area contributed by atoms with Crippen molar-refractivity contribution < 1.29 is 29.1 Å². The molecule has 0 unspecified atom stereocenters. The highest BCUT2D eigenvalue weighted by molar-refractivity contribution is 7.98. The summed E-state index contributed by atoms with van der Waals surface area (Å²) in [5.74, 6) is -1.17. The largest absolute Gasteiger partial charge is 0.481 e. The standard InChI is InChI=1S/C13H21N5O6S/c1-25-5-4-7(14)11-17-9(24-18-11)6-15-13(23)16-8(12(21)22)2-3-10(19)20/h7-8H,2-6,14H2,1H3,(H,19,20)(H,21,22)(H2,15,16,23)/t7-,8-/m0/s1. The van der Waals surface area contributed by atoms with Crippen molar-refractivity contribution in [1.82, 2.24) is 20.8 Å². The van der Waals surface area contributed by atoms with E-state index in [4.69, 9.17) is 20.5 Å². The summed E-state index contributed by atoms with van der Waals surface area (Å²) in [7, 11) is 0. The topological polar surface area (TPSA) is 181 Å². The molecule has 6 N–H and O–H groups in total. The molecule has 0 spiro atoms. The number of hydrogen-bond donors (Lipinski definition) is 5. The summed E-state index contributed by atoms with van der Waals surface area (Å²) >= 11 is 1.64. The Morgan fingerprint density at radius 1 is 1.32 bits per heavy atom. The molecule has 0 aromatic carbocycles. The van der Waals surface area contributed by atoms with Crippen LogP contribution in [-0.4, -0.2) is 56.4 Å². The van der Waals surface area contributed by atoms with Crippen LogP contribution in [0.15, 0.2) is 4.52 Å². The van der Waals surface area contributed by atoms with E-state index in [1.54, 1.807) is 11.8 Å². The Morgan fingerprint density at radius 3 is 2.64 bits per heavy atom. The smallest absolute Gasteiger partial charge is 0.326 e. The summed E-state index contributed by atoms with van der Waals surface area (Å²) in [5, 5.41) is 25.8. The lowest BCUT2D eigenvalue weighted by Gasteiger charge is -2.13. The van der Waals surface area contributed by atoms with E-state index >= 15 is 0 Å². The molecule has 0 aliphatic carbocycles. The Balaban J connectivity index is 2.46. The minimum Gasteiger partial charge on any atom is -0.481 e. The van der Waals surface area contributed by atoms with Gasteiger partial charge in [0, 0.05) is 6.42 Å². The van der Waals surface area contributed by atoms with E-state index in [-0.39, 0.29) is 31.3 Å². The van der Waals surface area contributed by atoms with Crippen LogP contribution in [0.5, 0.6) is 0 Å². The SMILES string of the molecule is CSCC[C@H](N)c1noc(CNC(=O)N[C@@H](CCC(=O)O)C(=O)O)n1. The molecule has 1 aromatic heterocycles. The van der Waals surface area contributed by atoms with E-state index in [1.807, 2.05) is 6.26 Å². The van der Waals surface area contributed by atoms with Crippen molar-refractivity contribution >= 4 is 29.7 Å². The Hall–Kier alpha value is -2.34. The number of rotatable bonds is 11. The Kier molecular flexibility index (Phi) is 8.70. The van der Waals surface area contributed by atoms with Crippen LogP contribution >= 0.6 is 11.8 Å². The average molecular weight is 375 g/mol. The number of carbonyl (C=O) groups excluding carboxylic acids is 1. The first-order valence-electron chi connectivity index (χ1n) is 7.39. The Morgan fingerprint density at radius 2 is 2.04 bits per heavy atom. The van der Waals surface area contributed by atoms with Crippen molar-refractivity contribution in [2.24, 2.45) is 5.73 Å². The Labute approximate surface area is 147 Å². The number of carboxylic acids is 2. The van der Waals surface area contributed by atoms with Gasteiger partial charge in [-0.3, -0.25) is 4.79 Å².